The molecular formula is C26H24ClFN4O. The van der Waals surface area contributed by atoms with Gasteiger partial charge in [0.2, 0.25) is 0 Å². The molecule has 0 bridgehead atoms. The zero-order valence-electron chi connectivity index (χ0n) is 18.6. The molecular weight excluding hydrogens is 439 g/mol. The summed E-state index contributed by atoms with van der Waals surface area (Å²) in [6, 6.07) is 12.1. The Morgan fingerprint density at radius 2 is 1.73 bits per heavy atom. The molecule has 0 fully saturated rings. The molecule has 4 rings (SSSR count). The number of halogens is 2. The fourth-order valence-electron chi connectivity index (χ4n) is 3.64. The summed E-state index contributed by atoms with van der Waals surface area (Å²) in [4.78, 5) is 20.8. The number of pyridine rings is 2. The molecule has 0 spiro atoms. The van der Waals surface area contributed by atoms with Crippen molar-refractivity contribution in [3.05, 3.63) is 107 Å². The summed E-state index contributed by atoms with van der Waals surface area (Å²) in [6.07, 6.45) is 10.3. The largest absolute Gasteiger partial charge is 0.294 e. The van der Waals surface area contributed by atoms with Crippen molar-refractivity contribution in [3.8, 4) is 11.1 Å². The number of Topliss-reactive ketones (excluding diaryl/α,β-unsaturated/α-hetero) is 1. The van der Waals surface area contributed by atoms with Gasteiger partial charge in [0.25, 0.3) is 0 Å². The Bertz CT molecular complexity index is 1290. The van der Waals surface area contributed by atoms with Gasteiger partial charge in [-0.05, 0) is 42.2 Å². The van der Waals surface area contributed by atoms with Crippen LogP contribution in [-0.4, -0.2) is 25.5 Å². The zero-order chi connectivity index (χ0) is 22.7. The molecule has 0 aliphatic heterocycles. The molecule has 33 heavy (non-hydrogen) atoms. The van der Waals surface area contributed by atoms with E-state index in [2.05, 4.69) is 39.3 Å². The second kappa shape index (κ2) is 10.3. The van der Waals surface area contributed by atoms with Crippen LogP contribution in [0.4, 0.5) is 4.39 Å². The second-order valence-electron chi connectivity index (χ2n) is 7.61. The maximum absolute atomic E-state index is 13.7. The second-order valence-corrected chi connectivity index (χ2v) is 7.61. The first-order valence-corrected chi connectivity index (χ1v) is 10.3. The minimum Gasteiger partial charge on any atom is -0.294 e. The molecule has 3 heterocycles. The molecule has 5 nitrogen and oxygen atoms in total. The summed E-state index contributed by atoms with van der Waals surface area (Å²) >= 11 is 0. The van der Waals surface area contributed by atoms with Crippen LogP contribution in [-0.2, 0) is 13.5 Å². The van der Waals surface area contributed by atoms with Crippen LogP contribution in [0, 0.1) is 12.7 Å². The smallest absolute Gasteiger partial charge is 0.170 e. The van der Waals surface area contributed by atoms with Gasteiger partial charge < -0.3 is 0 Å². The van der Waals surface area contributed by atoms with E-state index in [4.69, 9.17) is 0 Å². The van der Waals surface area contributed by atoms with E-state index in [-0.39, 0.29) is 24.6 Å². The fraction of sp³-hybridized carbons (Fsp3) is 0.154. The molecule has 0 aliphatic carbocycles. The van der Waals surface area contributed by atoms with E-state index < -0.39 is 5.82 Å². The first kappa shape index (κ1) is 24.0. The average Bonchev–Trinajstić information content (AvgIpc) is 3.24. The van der Waals surface area contributed by atoms with Crippen molar-refractivity contribution in [2.24, 2.45) is 7.05 Å². The molecule has 0 unspecified atom stereocenters. The first-order valence-electron chi connectivity index (χ1n) is 10.3. The number of nitrogens with zero attached hydrogens (tertiary/aromatic N) is 4. The van der Waals surface area contributed by atoms with Gasteiger partial charge in [0.1, 0.15) is 5.82 Å². The molecule has 0 radical (unpaired) electrons. The Hall–Kier alpha value is -3.64. The lowest BCUT2D eigenvalue weighted by atomic mass is 9.96. The van der Waals surface area contributed by atoms with E-state index in [9.17, 15) is 9.18 Å². The molecule has 0 aliphatic rings. The number of aryl methyl sites for hydroxylation is 1. The highest BCUT2D eigenvalue weighted by Gasteiger charge is 2.14. The van der Waals surface area contributed by atoms with E-state index in [1.165, 1.54) is 6.20 Å². The normalized spacial score (nSPS) is 11.2. The van der Waals surface area contributed by atoms with Crippen molar-refractivity contribution < 1.29 is 9.18 Å². The number of benzene rings is 1. The molecule has 3 aromatic heterocycles. The van der Waals surface area contributed by atoms with Crippen molar-refractivity contribution >= 4 is 23.8 Å². The number of carbonyl (C=O) groups excluding carboxylic acids is 1. The van der Waals surface area contributed by atoms with Gasteiger partial charge in [-0.25, -0.2) is 4.39 Å². The number of ketones is 1. The van der Waals surface area contributed by atoms with Gasteiger partial charge in [0, 0.05) is 48.0 Å². The van der Waals surface area contributed by atoms with Crippen LogP contribution in [0.15, 0.2) is 73.5 Å². The third kappa shape index (κ3) is 5.23. The summed E-state index contributed by atoms with van der Waals surface area (Å²) < 4.78 is 15.5. The molecule has 0 atom stereocenters. The molecule has 0 saturated heterocycles. The molecule has 0 N–H and O–H groups in total. The summed E-state index contributed by atoms with van der Waals surface area (Å²) in [5.74, 6) is -0.682. The monoisotopic (exact) mass is 462 g/mol. The lowest BCUT2D eigenvalue weighted by Gasteiger charge is -2.10. The summed E-state index contributed by atoms with van der Waals surface area (Å²) in [5.41, 5.74) is 6.50. The predicted octanol–water partition coefficient (Wildman–Crippen LogP) is 5.62. The van der Waals surface area contributed by atoms with Crippen LogP contribution < -0.4 is 0 Å². The highest BCUT2D eigenvalue weighted by atomic mass is 35.5. The van der Waals surface area contributed by atoms with E-state index in [1.54, 1.807) is 17.8 Å². The van der Waals surface area contributed by atoms with Crippen molar-refractivity contribution in [1.82, 2.24) is 19.7 Å². The number of hydrogen-bond acceptors (Lipinski definition) is 4. The molecule has 0 saturated carbocycles. The number of aromatic nitrogens is 4. The molecule has 7 heteroatoms. The van der Waals surface area contributed by atoms with Crippen molar-refractivity contribution in [1.29, 1.82) is 0 Å². The third-order valence-corrected chi connectivity index (χ3v) is 5.45. The highest BCUT2D eigenvalue weighted by molar-refractivity contribution is 5.98. The Balaban J connectivity index is 0.00000306. The number of hydrogen-bond donors (Lipinski definition) is 0. The van der Waals surface area contributed by atoms with Gasteiger partial charge in [-0.3, -0.25) is 19.4 Å². The maximum Gasteiger partial charge on any atom is 0.170 e. The van der Waals surface area contributed by atoms with Gasteiger partial charge in [-0.1, -0.05) is 36.4 Å². The van der Waals surface area contributed by atoms with Crippen molar-refractivity contribution in [2.45, 2.75) is 20.3 Å². The van der Waals surface area contributed by atoms with E-state index in [0.29, 0.717) is 16.8 Å². The van der Waals surface area contributed by atoms with Crippen LogP contribution in [0.3, 0.4) is 0 Å². The fourth-order valence-corrected chi connectivity index (χ4v) is 3.64. The van der Waals surface area contributed by atoms with Gasteiger partial charge in [0.05, 0.1) is 18.8 Å². The minimum absolute atomic E-state index is 0. The molecule has 168 valence electrons. The van der Waals surface area contributed by atoms with Gasteiger partial charge >= 0.3 is 0 Å². The van der Waals surface area contributed by atoms with Gasteiger partial charge in [0.15, 0.2) is 5.78 Å². The molecule has 1 aromatic carbocycles. The summed E-state index contributed by atoms with van der Waals surface area (Å²) in [7, 11) is 1.90. The Kier molecular flexibility index (Phi) is 7.51. The van der Waals surface area contributed by atoms with Crippen LogP contribution in [0.2, 0.25) is 0 Å². The van der Waals surface area contributed by atoms with Crippen LogP contribution in [0.25, 0.3) is 16.7 Å². The van der Waals surface area contributed by atoms with Crippen molar-refractivity contribution in [2.75, 3.05) is 0 Å². The number of allylic oxidation sites excluding steroid dienone is 1. The van der Waals surface area contributed by atoms with Gasteiger partial charge in [-0.2, -0.15) is 5.10 Å². The van der Waals surface area contributed by atoms with Crippen LogP contribution >= 0.6 is 12.4 Å². The van der Waals surface area contributed by atoms with E-state index in [0.717, 1.165) is 34.0 Å². The average molecular weight is 463 g/mol. The first-order chi connectivity index (χ1) is 15.5. The van der Waals surface area contributed by atoms with Gasteiger partial charge in [-0.15, -0.1) is 12.4 Å². The standard InChI is InChI=1S/C26H23FN4O.ClH/c1-4-23(19-7-5-18(6-8-19)21-13-30-31(3)16-21)20-9-10-22(29-12-20)11-26(32)24-14-28-15-25(27)17(24)2;/h4-10,12-16H,11H2,1-3H3;1H/b23-4-;. The summed E-state index contributed by atoms with van der Waals surface area (Å²) in [6.45, 7) is 3.57. The maximum atomic E-state index is 13.7. The van der Waals surface area contributed by atoms with E-state index in [1.807, 2.05) is 44.6 Å². The Labute approximate surface area is 198 Å². The van der Waals surface area contributed by atoms with Crippen LogP contribution in [0.5, 0.6) is 0 Å². The lowest BCUT2D eigenvalue weighted by molar-refractivity contribution is 0.0990. The number of carbonyl (C=O) groups is 1. The summed E-state index contributed by atoms with van der Waals surface area (Å²) in [5, 5.41) is 4.22. The predicted molar refractivity (Wildman–Crippen MR) is 130 cm³/mol. The Morgan fingerprint density at radius 1 is 1.00 bits per heavy atom. The zero-order valence-corrected chi connectivity index (χ0v) is 19.4. The highest BCUT2D eigenvalue weighted by Crippen LogP contribution is 2.26. The van der Waals surface area contributed by atoms with Crippen molar-refractivity contribution in [3.63, 3.8) is 0 Å². The number of rotatable bonds is 6. The SMILES string of the molecule is C/C=C(/c1ccc(-c2cnn(C)c2)cc1)c1ccc(CC(=O)c2cncc(F)c2C)nc1.Cl. The quantitative estimate of drug-likeness (QED) is 0.349. The lowest BCUT2D eigenvalue weighted by Crippen LogP contribution is -2.09. The molecule has 4 aromatic rings. The topological polar surface area (TPSA) is 60.7 Å². The minimum atomic E-state index is -0.480. The van der Waals surface area contributed by atoms with E-state index >= 15 is 0 Å². The Morgan fingerprint density at radius 3 is 2.33 bits per heavy atom. The van der Waals surface area contributed by atoms with Crippen LogP contribution in [0.1, 0.15) is 39.7 Å². The molecule has 0 amide bonds. The third-order valence-electron chi connectivity index (χ3n) is 5.45.